The second-order valence-corrected chi connectivity index (χ2v) is 9.66. The van der Waals surface area contributed by atoms with Crippen molar-refractivity contribution in [1.82, 2.24) is 9.88 Å². The SMILES string of the molecule is CC1CCC(/C=C/c2ccc3nccc(C(=O)CCC(=O)N4CC(F)(F)C[C@H]4C#N)c3c2)CC1. The van der Waals surface area contributed by atoms with Gasteiger partial charge in [-0.15, -0.1) is 0 Å². The highest BCUT2D eigenvalue weighted by molar-refractivity contribution is 6.08. The lowest BCUT2D eigenvalue weighted by molar-refractivity contribution is -0.132. The number of pyridine rings is 1. The average molecular weight is 466 g/mol. The van der Waals surface area contributed by atoms with Crippen LogP contribution < -0.4 is 0 Å². The summed E-state index contributed by atoms with van der Waals surface area (Å²) in [5.41, 5.74) is 2.13. The highest BCUT2D eigenvalue weighted by Crippen LogP contribution is 2.33. The van der Waals surface area contributed by atoms with Crippen LogP contribution in [0.2, 0.25) is 0 Å². The molecule has 0 spiro atoms. The van der Waals surface area contributed by atoms with Gasteiger partial charge in [0.1, 0.15) is 6.04 Å². The van der Waals surface area contributed by atoms with Gasteiger partial charge in [0.2, 0.25) is 5.91 Å². The molecule has 1 aliphatic carbocycles. The van der Waals surface area contributed by atoms with Gasteiger partial charge in [0.15, 0.2) is 5.78 Å². The molecule has 5 nitrogen and oxygen atoms in total. The van der Waals surface area contributed by atoms with Gasteiger partial charge in [0.05, 0.1) is 18.1 Å². The zero-order valence-electron chi connectivity index (χ0n) is 19.3. The fourth-order valence-corrected chi connectivity index (χ4v) is 4.93. The molecule has 34 heavy (non-hydrogen) atoms. The Morgan fingerprint density at radius 3 is 2.71 bits per heavy atom. The molecule has 2 fully saturated rings. The Kier molecular flexibility index (Phi) is 7.06. The molecule has 0 unspecified atom stereocenters. The molecular formula is C27H29F2N3O2. The highest BCUT2D eigenvalue weighted by Gasteiger charge is 2.47. The summed E-state index contributed by atoms with van der Waals surface area (Å²) in [6.07, 6.45) is 9.81. The summed E-state index contributed by atoms with van der Waals surface area (Å²) < 4.78 is 27.3. The number of halogens is 2. The summed E-state index contributed by atoms with van der Waals surface area (Å²) in [7, 11) is 0. The lowest BCUT2D eigenvalue weighted by atomic mass is 9.83. The van der Waals surface area contributed by atoms with E-state index in [0.29, 0.717) is 22.4 Å². The van der Waals surface area contributed by atoms with Crippen LogP contribution in [0.5, 0.6) is 0 Å². The first-order chi connectivity index (χ1) is 16.3. The van der Waals surface area contributed by atoms with E-state index in [1.807, 2.05) is 18.2 Å². The minimum absolute atomic E-state index is 0.113. The molecule has 2 aliphatic rings. The molecule has 4 rings (SSSR count). The first-order valence-electron chi connectivity index (χ1n) is 11.9. The van der Waals surface area contributed by atoms with E-state index in [-0.39, 0.29) is 18.6 Å². The number of benzene rings is 1. The average Bonchev–Trinajstić information content (AvgIpc) is 3.16. The third kappa shape index (κ3) is 5.49. The molecule has 2 heterocycles. The molecule has 2 aromatic rings. The van der Waals surface area contributed by atoms with Crippen LogP contribution in [0.4, 0.5) is 8.78 Å². The van der Waals surface area contributed by atoms with Crippen LogP contribution in [-0.4, -0.2) is 40.1 Å². The first-order valence-corrected chi connectivity index (χ1v) is 11.9. The van der Waals surface area contributed by atoms with Crippen LogP contribution in [0.15, 0.2) is 36.5 Å². The number of nitriles is 1. The molecule has 0 bridgehead atoms. The standard InChI is InChI=1S/C27H29F2N3O2/c1-18-2-4-19(5-3-18)6-7-20-8-9-24-23(14-20)22(12-13-31-24)25(33)10-11-26(34)32-17-27(28,29)15-21(32)16-30/h6-9,12-14,18-19,21H,2-5,10-11,15,17H2,1H3/b7-6+/t18?,19?,21-/m0/s1. The van der Waals surface area contributed by atoms with Crippen molar-refractivity contribution in [3.05, 3.63) is 47.7 Å². The predicted molar refractivity (Wildman–Crippen MR) is 126 cm³/mol. The molecule has 1 aromatic heterocycles. The number of fused-ring (bicyclic) bond motifs is 1. The number of carbonyl (C=O) groups excluding carboxylic acids is 2. The lowest BCUT2D eigenvalue weighted by Gasteiger charge is -2.23. The van der Waals surface area contributed by atoms with E-state index in [1.165, 1.54) is 25.7 Å². The monoisotopic (exact) mass is 465 g/mol. The molecule has 7 heteroatoms. The van der Waals surface area contributed by atoms with Crippen molar-refractivity contribution < 1.29 is 18.4 Å². The van der Waals surface area contributed by atoms with E-state index >= 15 is 0 Å². The summed E-state index contributed by atoms with van der Waals surface area (Å²) in [6.45, 7) is 1.52. The quantitative estimate of drug-likeness (QED) is 0.506. The zero-order valence-corrected chi connectivity index (χ0v) is 19.3. The van der Waals surface area contributed by atoms with Gasteiger partial charge >= 0.3 is 0 Å². The fraction of sp³-hybridized carbons (Fsp3) is 0.481. The van der Waals surface area contributed by atoms with Crippen molar-refractivity contribution in [2.75, 3.05) is 6.54 Å². The number of hydrogen-bond donors (Lipinski definition) is 0. The number of likely N-dealkylation sites (tertiary alicyclic amines) is 1. The van der Waals surface area contributed by atoms with Crippen molar-refractivity contribution in [2.45, 2.75) is 63.8 Å². The molecular weight excluding hydrogens is 436 g/mol. The molecule has 0 N–H and O–H groups in total. The Bertz CT molecular complexity index is 1150. The number of allylic oxidation sites excluding steroid dienone is 1. The van der Waals surface area contributed by atoms with Gasteiger partial charge in [0.25, 0.3) is 5.92 Å². The van der Waals surface area contributed by atoms with E-state index in [4.69, 9.17) is 5.26 Å². The van der Waals surface area contributed by atoms with Crippen molar-refractivity contribution in [1.29, 1.82) is 5.26 Å². The Hall–Kier alpha value is -3.14. The summed E-state index contributed by atoms with van der Waals surface area (Å²) >= 11 is 0. The fourth-order valence-electron chi connectivity index (χ4n) is 4.93. The van der Waals surface area contributed by atoms with Gasteiger partial charge in [0, 0.05) is 36.4 Å². The molecule has 1 aliphatic heterocycles. The second-order valence-electron chi connectivity index (χ2n) is 9.66. The third-order valence-electron chi connectivity index (χ3n) is 6.99. The third-order valence-corrected chi connectivity index (χ3v) is 6.99. The molecule has 1 amide bonds. The van der Waals surface area contributed by atoms with Crippen LogP contribution >= 0.6 is 0 Å². The Labute approximate surface area is 198 Å². The van der Waals surface area contributed by atoms with Gasteiger partial charge in [-0.25, -0.2) is 8.78 Å². The first kappa shape index (κ1) is 24.0. The van der Waals surface area contributed by atoms with E-state index in [1.54, 1.807) is 18.3 Å². The predicted octanol–water partition coefficient (Wildman–Crippen LogP) is 5.80. The number of aromatic nitrogens is 1. The number of hydrogen-bond acceptors (Lipinski definition) is 4. The molecule has 1 atom stereocenters. The number of amides is 1. The Balaban J connectivity index is 1.45. The van der Waals surface area contributed by atoms with Crippen LogP contribution in [0.3, 0.4) is 0 Å². The number of nitrogens with zero attached hydrogens (tertiary/aromatic N) is 3. The topological polar surface area (TPSA) is 74.1 Å². The largest absolute Gasteiger partial charge is 0.320 e. The normalized spacial score (nSPS) is 24.4. The minimum Gasteiger partial charge on any atom is -0.320 e. The maximum absolute atomic E-state index is 13.6. The summed E-state index contributed by atoms with van der Waals surface area (Å²) in [5.74, 6) is -2.54. The van der Waals surface area contributed by atoms with E-state index in [2.05, 4.69) is 24.1 Å². The zero-order chi connectivity index (χ0) is 24.3. The van der Waals surface area contributed by atoms with Crippen molar-refractivity contribution in [3.8, 4) is 6.07 Å². The van der Waals surface area contributed by atoms with Crippen LogP contribution in [-0.2, 0) is 4.79 Å². The molecule has 1 aromatic carbocycles. The maximum atomic E-state index is 13.6. The van der Waals surface area contributed by atoms with Crippen LogP contribution in [0, 0.1) is 23.2 Å². The summed E-state index contributed by atoms with van der Waals surface area (Å²) in [6, 6.07) is 8.04. The minimum atomic E-state index is -3.07. The van der Waals surface area contributed by atoms with Crippen molar-refractivity contribution in [2.24, 2.45) is 11.8 Å². The van der Waals surface area contributed by atoms with Gasteiger partial charge < -0.3 is 4.90 Å². The van der Waals surface area contributed by atoms with Crippen molar-refractivity contribution in [3.63, 3.8) is 0 Å². The maximum Gasteiger partial charge on any atom is 0.268 e. The van der Waals surface area contributed by atoms with Gasteiger partial charge in [-0.05, 0) is 48.4 Å². The second kappa shape index (κ2) is 10.0. The van der Waals surface area contributed by atoms with E-state index < -0.39 is 30.8 Å². The number of alkyl halides is 2. The van der Waals surface area contributed by atoms with Crippen LogP contribution in [0.1, 0.15) is 67.8 Å². The van der Waals surface area contributed by atoms with Gasteiger partial charge in [-0.2, -0.15) is 5.26 Å². The summed E-state index contributed by atoms with van der Waals surface area (Å²) in [5, 5.41) is 9.81. The molecule has 178 valence electrons. The van der Waals surface area contributed by atoms with E-state index in [0.717, 1.165) is 16.4 Å². The van der Waals surface area contributed by atoms with E-state index in [9.17, 15) is 18.4 Å². The number of rotatable bonds is 6. The summed E-state index contributed by atoms with van der Waals surface area (Å²) in [4.78, 5) is 30.7. The van der Waals surface area contributed by atoms with Gasteiger partial charge in [-0.1, -0.05) is 38.0 Å². The number of carbonyl (C=O) groups is 2. The highest BCUT2D eigenvalue weighted by atomic mass is 19.3. The number of ketones is 1. The Morgan fingerprint density at radius 1 is 1.21 bits per heavy atom. The Morgan fingerprint density at radius 2 is 1.97 bits per heavy atom. The van der Waals surface area contributed by atoms with Gasteiger partial charge in [-0.3, -0.25) is 14.6 Å². The molecule has 1 saturated heterocycles. The lowest BCUT2D eigenvalue weighted by Crippen LogP contribution is -2.36. The van der Waals surface area contributed by atoms with Crippen molar-refractivity contribution >= 4 is 28.7 Å². The number of Topliss-reactive ketones (excluding diaryl/α,β-unsaturated/α-hetero) is 1. The molecule has 0 radical (unpaired) electrons. The molecule has 1 saturated carbocycles. The smallest absolute Gasteiger partial charge is 0.268 e. The van der Waals surface area contributed by atoms with Crippen LogP contribution in [0.25, 0.3) is 17.0 Å².